The Morgan fingerprint density at radius 3 is 2.73 bits per heavy atom. The van der Waals surface area contributed by atoms with E-state index in [1.165, 1.54) is 22.7 Å². The lowest BCUT2D eigenvalue weighted by Gasteiger charge is -2.08. The fourth-order valence-electron chi connectivity index (χ4n) is 2.48. The molecule has 1 aromatic carbocycles. The number of ether oxygens (including phenoxy) is 1. The molecular formula is C17H15BrN4O4. The number of nitro groups is 1. The predicted molar refractivity (Wildman–Crippen MR) is 98.6 cm³/mol. The molecule has 8 nitrogen and oxygen atoms in total. The van der Waals surface area contributed by atoms with Crippen LogP contribution in [0.15, 0.2) is 47.1 Å². The van der Waals surface area contributed by atoms with Crippen molar-refractivity contribution in [3.05, 3.63) is 68.6 Å². The maximum atomic E-state index is 12.5. The van der Waals surface area contributed by atoms with Gasteiger partial charge >= 0.3 is 0 Å². The Labute approximate surface area is 157 Å². The van der Waals surface area contributed by atoms with Crippen LogP contribution in [0.2, 0.25) is 0 Å². The van der Waals surface area contributed by atoms with Crippen LogP contribution < -0.4 is 10.1 Å². The van der Waals surface area contributed by atoms with Crippen LogP contribution in [0.5, 0.6) is 5.75 Å². The van der Waals surface area contributed by atoms with Crippen molar-refractivity contribution in [2.75, 3.05) is 13.2 Å². The molecule has 2 aromatic heterocycles. The summed E-state index contributed by atoms with van der Waals surface area (Å²) in [5.41, 5.74) is 1.14. The van der Waals surface area contributed by atoms with Crippen LogP contribution in [0.25, 0.3) is 5.65 Å². The highest BCUT2D eigenvalue weighted by Crippen LogP contribution is 2.18. The largest absolute Gasteiger partial charge is 0.492 e. The van der Waals surface area contributed by atoms with Crippen LogP contribution in [-0.4, -0.2) is 33.4 Å². The fraction of sp³-hybridized carbons (Fsp3) is 0.176. The minimum absolute atomic E-state index is 0.109. The number of pyridine rings is 1. The molecular weight excluding hydrogens is 404 g/mol. The second kappa shape index (κ2) is 7.52. The number of aryl methyl sites for hydroxylation is 1. The summed E-state index contributed by atoms with van der Waals surface area (Å²) in [4.78, 5) is 27.2. The molecule has 3 rings (SSSR count). The van der Waals surface area contributed by atoms with Gasteiger partial charge in [0.05, 0.1) is 23.4 Å². The Kier molecular flexibility index (Phi) is 5.17. The molecule has 3 aromatic rings. The minimum Gasteiger partial charge on any atom is -0.492 e. The number of carbonyl (C=O) groups excluding carboxylic acids is 1. The van der Waals surface area contributed by atoms with E-state index in [0.29, 0.717) is 23.7 Å². The van der Waals surface area contributed by atoms with E-state index in [2.05, 4.69) is 26.2 Å². The molecule has 0 aliphatic carbocycles. The molecule has 1 N–H and O–H groups in total. The maximum absolute atomic E-state index is 12.5. The van der Waals surface area contributed by atoms with Gasteiger partial charge in [-0.15, -0.1) is 0 Å². The Hall–Kier alpha value is -2.94. The number of nitrogens with zero attached hydrogens (tertiary/aromatic N) is 3. The number of carbonyl (C=O) groups is 1. The van der Waals surface area contributed by atoms with Gasteiger partial charge in [-0.25, -0.2) is 4.98 Å². The average molecular weight is 419 g/mol. The summed E-state index contributed by atoms with van der Waals surface area (Å²) in [5.74, 6) is 0.332. The quantitative estimate of drug-likeness (QED) is 0.376. The van der Waals surface area contributed by atoms with E-state index in [0.717, 1.165) is 4.47 Å². The van der Waals surface area contributed by atoms with E-state index >= 15 is 0 Å². The molecule has 0 atom stereocenters. The number of amides is 1. The highest BCUT2D eigenvalue weighted by atomic mass is 79.9. The standard InChI is InChI=1S/C17H15BrN4O4/c1-11-16(21-10-13(22(24)25)4-7-15(21)20-11)17(23)19-8-9-26-14-5-2-12(18)3-6-14/h2-7,10H,8-9H2,1H3,(H,19,23). The minimum atomic E-state index is -0.511. The first kappa shape index (κ1) is 17.9. The smallest absolute Gasteiger partial charge is 0.286 e. The number of aromatic nitrogens is 2. The molecule has 9 heteroatoms. The van der Waals surface area contributed by atoms with Gasteiger partial charge in [-0.3, -0.25) is 19.3 Å². The third-order valence-electron chi connectivity index (χ3n) is 3.67. The van der Waals surface area contributed by atoms with Crippen LogP contribution in [0.3, 0.4) is 0 Å². The van der Waals surface area contributed by atoms with Gasteiger partial charge in [-0.1, -0.05) is 15.9 Å². The first-order chi connectivity index (χ1) is 12.5. The Bertz CT molecular complexity index is 969. The summed E-state index contributed by atoms with van der Waals surface area (Å²) in [6.07, 6.45) is 1.29. The zero-order valence-corrected chi connectivity index (χ0v) is 15.4. The van der Waals surface area contributed by atoms with Crippen molar-refractivity contribution in [2.45, 2.75) is 6.92 Å². The number of hydrogen-bond donors (Lipinski definition) is 1. The van der Waals surface area contributed by atoms with Crippen molar-refractivity contribution >= 4 is 33.2 Å². The number of rotatable bonds is 6. The first-order valence-corrected chi connectivity index (χ1v) is 8.54. The number of nitrogens with one attached hydrogen (secondary N) is 1. The van der Waals surface area contributed by atoms with Gasteiger partial charge in [-0.05, 0) is 37.3 Å². The summed E-state index contributed by atoms with van der Waals surface area (Å²) < 4.78 is 7.93. The normalized spacial score (nSPS) is 10.7. The zero-order chi connectivity index (χ0) is 18.7. The second-order valence-corrected chi connectivity index (χ2v) is 6.39. The van der Waals surface area contributed by atoms with E-state index in [4.69, 9.17) is 4.74 Å². The molecule has 134 valence electrons. The van der Waals surface area contributed by atoms with Gasteiger partial charge < -0.3 is 10.1 Å². The van der Waals surface area contributed by atoms with Crippen molar-refractivity contribution < 1.29 is 14.5 Å². The molecule has 0 fully saturated rings. The molecule has 0 saturated heterocycles. The first-order valence-electron chi connectivity index (χ1n) is 7.75. The lowest BCUT2D eigenvalue weighted by atomic mass is 10.3. The number of fused-ring (bicyclic) bond motifs is 1. The van der Waals surface area contributed by atoms with E-state index in [1.54, 1.807) is 6.92 Å². The molecule has 26 heavy (non-hydrogen) atoms. The van der Waals surface area contributed by atoms with Crippen LogP contribution in [0.4, 0.5) is 5.69 Å². The molecule has 0 spiro atoms. The van der Waals surface area contributed by atoms with Crippen LogP contribution in [-0.2, 0) is 0 Å². The molecule has 0 bridgehead atoms. The van der Waals surface area contributed by atoms with Gasteiger partial charge in [-0.2, -0.15) is 0 Å². The van der Waals surface area contributed by atoms with Crippen molar-refractivity contribution in [1.29, 1.82) is 0 Å². The van der Waals surface area contributed by atoms with Gasteiger partial charge in [0.25, 0.3) is 11.6 Å². The number of benzene rings is 1. The van der Waals surface area contributed by atoms with Gasteiger partial charge in [0.15, 0.2) is 0 Å². The predicted octanol–water partition coefficient (Wildman–Crippen LogP) is 3.12. The molecule has 0 saturated carbocycles. The summed E-state index contributed by atoms with van der Waals surface area (Å²) in [7, 11) is 0. The van der Waals surface area contributed by atoms with Crippen LogP contribution in [0, 0.1) is 17.0 Å². The van der Waals surface area contributed by atoms with Gasteiger partial charge in [0, 0.05) is 10.5 Å². The lowest BCUT2D eigenvalue weighted by molar-refractivity contribution is -0.385. The lowest BCUT2D eigenvalue weighted by Crippen LogP contribution is -2.29. The number of imidazole rings is 1. The zero-order valence-electron chi connectivity index (χ0n) is 13.8. The summed E-state index contributed by atoms with van der Waals surface area (Å²) in [6, 6.07) is 10.2. The monoisotopic (exact) mass is 418 g/mol. The van der Waals surface area contributed by atoms with Crippen molar-refractivity contribution in [1.82, 2.24) is 14.7 Å². The molecule has 0 radical (unpaired) electrons. The van der Waals surface area contributed by atoms with E-state index in [1.807, 2.05) is 24.3 Å². The fourth-order valence-corrected chi connectivity index (χ4v) is 2.75. The molecule has 2 heterocycles. The topological polar surface area (TPSA) is 98.8 Å². The van der Waals surface area contributed by atoms with Crippen LogP contribution >= 0.6 is 15.9 Å². The molecule has 0 aliphatic heterocycles. The van der Waals surface area contributed by atoms with Crippen molar-refractivity contribution in [2.24, 2.45) is 0 Å². The Morgan fingerprint density at radius 2 is 2.04 bits per heavy atom. The third-order valence-corrected chi connectivity index (χ3v) is 4.20. The SMILES string of the molecule is Cc1nc2ccc([N+](=O)[O-])cn2c1C(=O)NCCOc1ccc(Br)cc1. The average Bonchev–Trinajstić information content (AvgIpc) is 2.95. The number of halogens is 1. The summed E-state index contributed by atoms with van der Waals surface area (Å²) in [6.45, 7) is 2.27. The van der Waals surface area contributed by atoms with Gasteiger partial charge in [0.2, 0.25) is 0 Å². The van der Waals surface area contributed by atoms with E-state index in [-0.39, 0.29) is 23.8 Å². The number of hydrogen-bond acceptors (Lipinski definition) is 5. The second-order valence-electron chi connectivity index (χ2n) is 5.48. The van der Waals surface area contributed by atoms with Gasteiger partial charge in [0.1, 0.15) is 23.7 Å². The summed E-state index contributed by atoms with van der Waals surface area (Å²) >= 11 is 3.35. The third kappa shape index (κ3) is 3.83. The van der Waals surface area contributed by atoms with Crippen LogP contribution in [0.1, 0.15) is 16.2 Å². The maximum Gasteiger partial charge on any atom is 0.286 e. The van der Waals surface area contributed by atoms with Crippen molar-refractivity contribution in [3.8, 4) is 5.75 Å². The molecule has 1 amide bonds. The van der Waals surface area contributed by atoms with Crippen molar-refractivity contribution in [3.63, 3.8) is 0 Å². The summed E-state index contributed by atoms with van der Waals surface area (Å²) in [5, 5.41) is 13.7. The highest BCUT2D eigenvalue weighted by Gasteiger charge is 2.18. The van der Waals surface area contributed by atoms with E-state index < -0.39 is 4.92 Å². The highest BCUT2D eigenvalue weighted by molar-refractivity contribution is 9.10. The molecule has 0 unspecified atom stereocenters. The Balaban J connectivity index is 1.67. The van der Waals surface area contributed by atoms with E-state index in [9.17, 15) is 14.9 Å². The Morgan fingerprint density at radius 1 is 1.31 bits per heavy atom. The molecule has 0 aliphatic rings.